The zero-order valence-electron chi connectivity index (χ0n) is 9.74. The first-order chi connectivity index (χ1) is 8.49. The maximum atomic E-state index is 6.22. The van der Waals surface area contributed by atoms with Crippen molar-refractivity contribution >= 4 is 34.8 Å². The Bertz CT molecular complexity index is 497. The Morgan fingerprint density at radius 3 is 2.44 bits per heavy atom. The zero-order chi connectivity index (χ0) is 12.9. The fraction of sp³-hybridized carbons (Fsp3) is 0.385. The van der Waals surface area contributed by atoms with Crippen LogP contribution in [0.15, 0.2) is 35.6 Å². The first kappa shape index (κ1) is 12.6. The molecule has 1 saturated carbocycles. The van der Waals surface area contributed by atoms with Crippen molar-refractivity contribution in [3.63, 3.8) is 0 Å². The van der Waals surface area contributed by atoms with Crippen molar-refractivity contribution in [1.82, 2.24) is 5.06 Å². The molecule has 0 N–H and O–H groups in total. The van der Waals surface area contributed by atoms with Gasteiger partial charge in [-0.05, 0) is 12.5 Å². The van der Waals surface area contributed by atoms with E-state index < -0.39 is 4.33 Å². The van der Waals surface area contributed by atoms with Crippen molar-refractivity contribution in [2.45, 2.75) is 29.8 Å². The molecule has 1 aromatic rings. The van der Waals surface area contributed by atoms with Gasteiger partial charge in [0, 0.05) is 6.42 Å². The van der Waals surface area contributed by atoms with E-state index in [0.717, 1.165) is 5.56 Å². The number of hydrogen-bond acceptors (Lipinski definition) is 2. The molecule has 1 heterocycles. The maximum absolute atomic E-state index is 6.22. The highest BCUT2D eigenvalue weighted by molar-refractivity contribution is 6.51. The molecule has 0 radical (unpaired) electrons. The molecule has 18 heavy (non-hydrogen) atoms. The third-order valence-electron chi connectivity index (χ3n) is 3.30. The highest BCUT2D eigenvalue weighted by Crippen LogP contribution is 2.55. The van der Waals surface area contributed by atoms with Crippen LogP contribution in [0, 0.1) is 6.92 Å². The lowest BCUT2D eigenvalue weighted by Crippen LogP contribution is -2.28. The second-order valence-corrected chi connectivity index (χ2v) is 6.74. The minimum atomic E-state index is -0.724. The van der Waals surface area contributed by atoms with Gasteiger partial charge in [-0.15, -0.1) is 5.06 Å². The van der Waals surface area contributed by atoms with Gasteiger partial charge >= 0.3 is 0 Å². The summed E-state index contributed by atoms with van der Waals surface area (Å²) in [5, 5.41) is 2.43. The monoisotopic (exact) mass is 303 g/mol. The van der Waals surface area contributed by atoms with Gasteiger partial charge < -0.3 is 4.84 Å². The van der Waals surface area contributed by atoms with E-state index in [2.05, 4.69) is 12.1 Å². The van der Waals surface area contributed by atoms with Crippen LogP contribution in [0.2, 0.25) is 0 Å². The van der Waals surface area contributed by atoms with Gasteiger partial charge in [0.25, 0.3) is 0 Å². The summed E-state index contributed by atoms with van der Waals surface area (Å²) in [7, 11) is 0. The van der Waals surface area contributed by atoms with Crippen LogP contribution in [0.4, 0.5) is 0 Å². The van der Waals surface area contributed by atoms with E-state index in [9.17, 15) is 0 Å². The third kappa shape index (κ3) is 2.12. The van der Waals surface area contributed by atoms with E-state index in [-0.39, 0.29) is 12.1 Å². The van der Waals surface area contributed by atoms with Gasteiger partial charge in [-0.3, -0.25) is 0 Å². The molecule has 1 fully saturated rings. The fourth-order valence-corrected chi connectivity index (χ4v) is 2.89. The molecule has 2 aliphatic rings. The van der Waals surface area contributed by atoms with Gasteiger partial charge in [0.05, 0.1) is 11.1 Å². The number of alkyl halides is 2. The summed E-state index contributed by atoms with van der Waals surface area (Å²) < 4.78 is -0.724. The lowest BCUT2D eigenvalue weighted by Gasteiger charge is -2.24. The van der Waals surface area contributed by atoms with Gasteiger partial charge in [-0.25, -0.2) is 0 Å². The van der Waals surface area contributed by atoms with Crippen LogP contribution in [-0.2, 0) is 4.84 Å². The highest BCUT2D eigenvalue weighted by Gasteiger charge is 2.59. The van der Waals surface area contributed by atoms with E-state index >= 15 is 0 Å². The summed E-state index contributed by atoms with van der Waals surface area (Å²) in [6, 6.07) is 8.07. The number of nitrogens with zero attached hydrogens (tertiary/aromatic N) is 1. The van der Waals surface area contributed by atoms with Crippen LogP contribution in [0.1, 0.15) is 23.6 Å². The molecule has 1 aliphatic heterocycles. The Morgan fingerprint density at radius 1 is 1.28 bits per heavy atom. The lowest BCUT2D eigenvalue weighted by molar-refractivity contribution is -0.114. The summed E-state index contributed by atoms with van der Waals surface area (Å²) in [6.45, 7) is 2.05. The van der Waals surface area contributed by atoms with Gasteiger partial charge in [0.2, 0.25) is 0 Å². The van der Waals surface area contributed by atoms with Crippen LogP contribution in [0.25, 0.3) is 0 Å². The van der Waals surface area contributed by atoms with Crippen LogP contribution in [-0.4, -0.2) is 15.4 Å². The molecule has 2 atom stereocenters. The van der Waals surface area contributed by atoms with Crippen LogP contribution < -0.4 is 0 Å². The molecule has 0 amide bonds. The van der Waals surface area contributed by atoms with Crippen molar-refractivity contribution in [1.29, 1.82) is 0 Å². The second-order valence-electron chi connectivity index (χ2n) is 4.76. The summed E-state index contributed by atoms with van der Waals surface area (Å²) in [5.41, 5.74) is 2.29. The highest BCUT2D eigenvalue weighted by atomic mass is 35.5. The van der Waals surface area contributed by atoms with E-state index in [4.69, 9.17) is 39.6 Å². The molecule has 1 aromatic carbocycles. The predicted molar refractivity (Wildman–Crippen MR) is 73.6 cm³/mol. The van der Waals surface area contributed by atoms with Crippen molar-refractivity contribution in [2.24, 2.45) is 0 Å². The Kier molecular flexibility index (Phi) is 3.02. The smallest absolute Gasteiger partial charge is 0.138 e. The van der Waals surface area contributed by atoms with Crippen LogP contribution >= 0.6 is 34.8 Å². The first-order valence-corrected chi connectivity index (χ1v) is 6.87. The predicted octanol–water partition coefficient (Wildman–Crippen LogP) is 4.31. The molecule has 1 aliphatic carbocycles. The maximum Gasteiger partial charge on any atom is 0.138 e. The molecule has 3 rings (SSSR count). The van der Waals surface area contributed by atoms with E-state index in [1.807, 2.05) is 19.1 Å². The Balaban J connectivity index is 1.88. The van der Waals surface area contributed by atoms with Gasteiger partial charge in [0.15, 0.2) is 0 Å². The van der Waals surface area contributed by atoms with Crippen molar-refractivity contribution in [2.75, 3.05) is 0 Å². The molecule has 96 valence electrons. The molecule has 5 heteroatoms. The Hall–Kier alpha value is -0.410. The number of benzene rings is 1. The standard InChI is InChI=1S/C13H12Cl3NO/c1-8-2-4-9(5-3-8)12-10(14)7-18-17(12)11-6-13(11,15)16/h2-5,7,11-12H,6H2,1H3. The van der Waals surface area contributed by atoms with E-state index in [1.54, 1.807) is 11.3 Å². The number of aryl methyl sites for hydroxylation is 1. The lowest BCUT2D eigenvalue weighted by atomic mass is 10.0. The topological polar surface area (TPSA) is 12.5 Å². The number of halogens is 3. The molecular formula is C13H12Cl3NO. The molecule has 0 bridgehead atoms. The van der Waals surface area contributed by atoms with Crippen molar-refractivity contribution < 1.29 is 4.84 Å². The zero-order valence-corrected chi connectivity index (χ0v) is 12.0. The Morgan fingerprint density at radius 2 is 1.89 bits per heavy atom. The van der Waals surface area contributed by atoms with Crippen LogP contribution in [0.5, 0.6) is 0 Å². The number of rotatable bonds is 2. The molecule has 0 saturated heterocycles. The van der Waals surface area contributed by atoms with E-state index in [1.165, 1.54) is 5.56 Å². The third-order valence-corrected chi connectivity index (χ3v) is 4.40. The molecule has 2 unspecified atom stereocenters. The SMILES string of the molecule is Cc1ccc(C2C(Cl)=CON2C2CC2(Cl)Cl)cc1. The van der Waals surface area contributed by atoms with E-state index in [0.29, 0.717) is 11.5 Å². The summed E-state index contributed by atoms with van der Waals surface area (Å²) >= 11 is 18.4. The quantitative estimate of drug-likeness (QED) is 0.755. The average molecular weight is 305 g/mol. The largest absolute Gasteiger partial charge is 0.411 e. The number of hydrogen-bond donors (Lipinski definition) is 0. The summed E-state index contributed by atoms with van der Waals surface area (Å²) in [4.78, 5) is 5.49. The average Bonchev–Trinajstić information content (AvgIpc) is 2.78. The Labute approximate surface area is 121 Å². The van der Waals surface area contributed by atoms with Gasteiger partial charge in [-0.1, -0.05) is 64.6 Å². The summed E-state index contributed by atoms with van der Waals surface area (Å²) in [6.07, 6.45) is 2.24. The molecule has 0 aromatic heterocycles. The minimum absolute atomic E-state index is 0.0142. The fourth-order valence-electron chi connectivity index (χ4n) is 2.14. The molecule has 2 nitrogen and oxygen atoms in total. The normalized spacial score (nSPS) is 29.9. The van der Waals surface area contributed by atoms with Gasteiger partial charge in [0.1, 0.15) is 16.6 Å². The second kappa shape index (κ2) is 4.31. The van der Waals surface area contributed by atoms with Gasteiger partial charge in [-0.2, -0.15) is 0 Å². The summed E-state index contributed by atoms with van der Waals surface area (Å²) in [5.74, 6) is 0. The first-order valence-electron chi connectivity index (χ1n) is 5.74. The van der Waals surface area contributed by atoms with Crippen LogP contribution in [0.3, 0.4) is 0 Å². The minimum Gasteiger partial charge on any atom is -0.411 e. The molecular weight excluding hydrogens is 293 g/mol. The van der Waals surface area contributed by atoms with Crippen molar-refractivity contribution in [3.8, 4) is 0 Å². The van der Waals surface area contributed by atoms with Crippen molar-refractivity contribution in [3.05, 3.63) is 46.7 Å². The number of hydroxylamine groups is 2. The molecule has 0 spiro atoms.